The molecule has 6 nitrogen and oxygen atoms in total. The van der Waals surface area contributed by atoms with Crippen molar-refractivity contribution < 1.29 is 23.9 Å². The summed E-state index contributed by atoms with van der Waals surface area (Å²) in [7, 11) is 0. The van der Waals surface area contributed by atoms with Crippen molar-refractivity contribution in [2.24, 2.45) is 0 Å². The van der Waals surface area contributed by atoms with Crippen molar-refractivity contribution in [3.8, 4) is 0 Å². The minimum atomic E-state index is -0.694. The van der Waals surface area contributed by atoms with E-state index >= 15 is 0 Å². The molecule has 0 bridgehead atoms. The molecule has 0 unspecified atom stereocenters. The Morgan fingerprint density at radius 3 is 2.03 bits per heavy atom. The molecule has 0 aliphatic heterocycles. The van der Waals surface area contributed by atoms with E-state index in [9.17, 15) is 14.4 Å². The fourth-order valence-electron chi connectivity index (χ4n) is 3.29. The van der Waals surface area contributed by atoms with Gasteiger partial charge in [0.05, 0.1) is 18.7 Å². The van der Waals surface area contributed by atoms with Crippen LogP contribution in [0.4, 0.5) is 0 Å². The number of ketones is 1. The summed E-state index contributed by atoms with van der Waals surface area (Å²) in [5.74, 6) is -1.61. The summed E-state index contributed by atoms with van der Waals surface area (Å²) in [4.78, 5) is 39.1. The quantitative estimate of drug-likeness (QED) is 0.386. The van der Waals surface area contributed by atoms with Crippen LogP contribution in [0.2, 0.25) is 0 Å². The van der Waals surface area contributed by atoms with Crippen molar-refractivity contribution in [1.29, 1.82) is 0 Å². The number of rotatable bonds is 9. The van der Waals surface area contributed by atoms with Crippen LogP contribution in [0.1, 0.15) is 63.5 Å². The largest absolute Gasteiger partial charge is 0.462 e. The molecule has 3 rings (SSSR count). The highest BCUT2D eigenvalue weighted by molar-refractivity contribution is 6.16. The van der Waals surface area contributed by atoms with E-state index in [0.29, 0.717) is 18.4 Å². The molecule has 0 spiro atoms. The van der Waals surface area contributed by atoms with Gasteiger partial charge in [-0.05, 0) is 30.5 Å². The zero-order valence-corrected chi connectivity index (χ0v) is 17.2. The first kappa shape index (κ1) is 21.3. The lowest BCUT2D eigenvalue weighted by Gasteiger charge is -2.08. The van der Waals surface area contributed by atoms with Gasteiger partial charge < -0.3 is 13.9 Å². The Bertz CT molecular complexity index is 1050. The summed E-state index contributed by atoms with van der Waals surface area (Å²) in [5, 5.41) is 0. The Hall–Kier alpha value is -3.41. The normalized spacial score (nSPS) is 10.7. The van der Waals surface area contributed by atoms with Crippen LogP contribution >= 0.6 is 0 Å². The summed E-state index contributed by atoms with van der Waals surface area (Å²) in [6.45, 7) is 4.18. The van der Waals surface area contributed by atoms with Gasteiger partial charge in [0.15, 0.2) is 5.78 Å². The number of ether oxygens (including phenoxy) is 2. The first-order valence-corrected chi connectivity index (χ1v) is 10.1. The Morgan fingerprint density at radius 1 is 0.800 bits per heavy atom. The third-order valence-corrected chi connectivity index (χ3v) is 4.60. The molecular formula is C24H25NO5. The molecule has 30 heavy (non-hydrogen) atoms. The SMILES string of the molecule is CCCOC(=O)c1c(C(=O)OCCC)c2ccccn2c1C(=O)Cc1ccccc1. The van der Waals surface area contributed by atoms with Crippen molar-refractivity contribution in [3.05, 3.63) is 77.1 Å². The van der Waals surface area contributed by atoms with Crippen LogP contribution in [0, 0.1) is 0 Å². The molecule has 156 valence electrons. The third kappa shape index (κ3) is 4.43. The Morgan fingerprint density at radius 2 is 1.40 bits per heavy atom. The van der Waals surface area contributed by atoms with Gasteiger partial charge in [-0.3, -0.25) is 4.79 Å². The number of benzene rings is 1. The van der Waals surface area contributed by atoms with Gasteiger partial charge in [0.25, 0.3) is 0 Å². The maximum atomic E-state index is 13.3. The molecule has 0 radical (unpaired) electrons. The van der Waals surface area contributed by atoms with Crippen LogP contribution in [0.25, 0.3) is 5.52 Å². The van der Waals surface area contributed by atoms with Crippen molar-refractivity contribution in [3.63, 3.8) is 0 Å². The maximum absolute atomic E-state index is 13.3. The number of carbonyl (C=O) groups is 3. The summed E-state index contributed by atoms with van der Waals surface area (Å²) in [6.07, 6.45) is 3.04. The number of esters is 2. The number of hydrogen-bond acceptors (Lipinski definition) is 5. The van der Waals surface area contributed by atoms with E-state index in [0.717, 1.165) is 5.56 Å². The zero-order chi connectivity index (χ0) is 21.5. The van der Waals surface area contributed by atoms with Crippen molar-refractivity contribution in [2.45, 2.75) is 33.1 Å². The van der Waals surface area contributed by atoms with E-state index in [2.05, 4.69) is 0 Å². The van der Waals surface area contributed by atoms with Gasteiger partial charge >= 0.3 is 11.9 Å². The smallest absolute Gasteiger partial charge is 0.341 e. The molecule has 3 aromatic rings. The summed E-state index contributed by atoms with van der Waals surface area (Å²) in [5.41, 5.74) is 1.44. The molecule has 0 saturated heterocycles. The third-order valence-electron chi connectivity index (χ3n) is 4.60. The predicted octanol–water partition coefficient (Wildman–Crippen LogP) is 4.50. The zero-order valence-electron chi connectivity index (χ0n) is 17.2. The second-order valence-electron chi connectivity index (χ2n) is 6.91. The van der Waals surface area contributed by atoms with E-state index < -0.39 is 11.9 Å². The van der Waals surface area contributed by atoms with E-state index in [1.807, 2.05) is 44.2 Å². The molecule has 6 heteroatoms. The minimum Gasteiger partial charge on any atom is -0.462 e. The Balaban J connectivity index is 2.17. The highest BCUT2D eigenvalue weighted by Gasteiger charge is 2.32. The lowest BCUT2D eigenvalue weighted by atomic mass is 10.0. The molecule has 1 aromatic carbocycles. The van der Waals surface area contributed by atoms with Crippen LogP contribution in [-0.2, 0) is 15.9 Å². The summed E-state index contributed by atoms with van der Waals surface area (Å²) < 4.78 is 12.2. The Labute approximate surface area is 175 Å². The number of Topliss-reactive ketones (excluding diaryl/α,β-unsaturated/α-hetero) is 1. The average Bonchev–Trinajstić information content (AvgIpc) is 3.12. The number of hydrogen-bond donors (Lipinski definition) is 0. The molecule has 2 aromatic heterocycles. The Kier molecular flexibility index (Phi) is 7.01. The van der Waals surface area contributed by atoms with E-state index in [4.69, 9.17) is 9.47 Å². The minimum absolute atomic E-state index is 0.0308. The molecular weight excluding hydrogens is 382 g/mol. The monoisotopic (exact) mass is 407 g/mol. The van der Waals surface area contributed by atoms with Crippen LogP contribution in [0.5, 0.6) is 0 Å². The fraction of sp³-hybridized carbons (Fsp3) is 0.292. The highest BCUT2D eigenvalue weighted by atomic mass is 16.5. The number of aromatic nitrogens is 1. The second kappa shape index (κ2) is 9.87. The molecule has 0 saturated carbocycles. The summed E-state index contributed by atoms with van der Waals surface area (Å²) >= 11 is 0. The lowest BCUT2D eigenvalue weighted by Crippen LogP contribution is -2.17. The van der Waals surface area contributed by atoms with Gasteiger partial charge in [-0.2, -0.15) is 0 Å². The lowest BCUT2D eigenvalue weighted by molar-refractivity contribution is 0.0459. The standard InChI is InChI=1S/C24H25NO5/c1-3-14-29-23(27)20-18-12-8-9-13-25(18)22(21(20)24(28)30-15-4-2)19(26)16-17-10-6-5-7-11-17/h5-13H,3-4,14-16H2,1-2H3. The molecule has 0 atom stereocenters. The fourth-order valence-corrected chi connectivity index (χ4v) is 3.29. The molecule has 0 aliphatic carbocycles. The predicted molar refractivity (Wildman–Crippen MR) is 113 cm³/mol. The van der Waals surface area contributed by atoms with Gasteiger partial charge in [0, 0.05) is 12.6 Å². The van der Waals surface area contributed by atoms with E-state index in [1.54, 1.807) is 28.8 Å². The van der Waals surface area contributed by atoms with Gasteiger partial charge in [0.1, 0.15) is 16.8 Å². The van der Waals surface area contributed by atoms with Crippen molar-refractivity contribution in [2.75, 3.05) is 13.2 Å². The van der Waals surface area contributed by atoms with Gasteiger partial charge in [-0.1, -0.05) is 50.2 Å². The highest BCUT2D eigenvalue weighted by Crippen LogP contribution is 2.27. The van der Waals surface area contributed by atoms with Crippen LogP contribution in [0.15, 0.2) is 54.7 Å². The average molecular weight is 407 g/mol. The van der Waals surface area contributed by atoms with Gasteiger partial charge in [-0.15, -0.1) is 0 Å². The van der Waals surface area contributed by atoms with E-state index in [1.165, 1.54) is 0 Å². The van der Waals surface area contributed by atoms with Crippen molar-refractivity contribution >= 4 is 23.2 Å². The van der Waals surface area contributed by atoms with Gasteiger partial charge in [0.2, 0.25) is 0 Å². The molecule has 0 fully saturated rings. The molecule has 0 amide bonds. The molecule has 0 aliphatic rings. The number of pyridine rings is 1. The van der Waals surface area contributed by atoms with Crippen LogP contribution < -0.4 is 0 Å². The maximum Gasteiger partial charge on any atom is 0.341 e. The van der Waals surface area contributed by atoms with Crippen LogP contribution in [0.3, 0.4) is 0 Å². The van der Waals surface area contributed by atoms with E-state index in [-0.39, 0.29) is 42.2 Å². The van der Waals surface area contributed by atoms with Crippen molar-refractivity contribution in [1.82, 2.24) is 4.40 Å². The number of carbonyl (C=O) groups excluding carboxylic acids is 3. The first-order chi connectivity index (χ1) is 14.6. The molecule has 2 heterocycles. The molecule has 0 N–H and O–H groups in total. The topological polar surface area (TPSA) is 74.1 Å². The van der Waals surface area contributed by atoms with Crippen LogP contribution in [-0.4, -0.2) is 35.3 Å². The second-order valence-corrected chi connectivity index (χ2v) is 6.91. The number of nitrogens with zero attached hydrogens (tertiary/aromatic N) is 1. The number of fused-ring (bicyclic) bond motifs is 1. The first-order valence-electron chi connectivity index (χ1n) is 10.1. The van der Waals surface area contributed by atoms with Gasteiger partial charge in [-0.25, -0.2) is 9.59 Å². The summed E-state index contributed by atoms with van der Waals surface area (Å²) in [6, 6.07) is 14.5.